The zero-order valence-corrected chi connectivity index (χ0v) is 16.2. The lowest BCUT2D eigenvalue weighted by atomic mass is 10.0. The lowest BCUT2D eigenvalue weighted by Crippen LogP contribution is -2.35. The van der Waals surface area contributed by atoms with E-state index in [2.05, 4.69) is 32.4 Å². The van der Waals surface area contributed by atoms with Gasteiger partial charge in [-0.1, -0.05) is 30.3 Å². The molecule has 7 heteroatoms. The van der Waals surface area contributed by atoms with Crippen molar-refractivity contribution in [3.05, 3.63) is 70.9 Å². The smallest absolute Gasteiger partial charge is 0.270 e. The Balaban J connectivity index is 1.63. The zero-order valence-electron chi connectivity index (χ0n) is 16.2. The van der Waals surface area contributed by atoms with E-state index in [0.29, 0.717) is 31.0 Å². The second-order valence-electron chi connectivity index (χ2n) is 7.16. The maximum atomic E-state index is 12.4. The van der Waals surface area contributed by atoms with E-state index in [9.17, 15) is 4.79 Å². The molecule has 0 unspecified atom stereocenters. The number of benzene rings is 1. The van der Waals surface area contributed by atoms with Gasteiger partial charge in [-0.2, -0.15) is 5.10 Å². The summed E-state index contributed by atoms with van der Waals surface area (Å²) in [7, 11) is 3.91. The molecular weight excluding hydrogens is 352 g/mol. The Bertz CT molecular complexity index is 982. The summed E-state index contributed by atoms with van der Waals surface area (Å²) in [6.45, 7) is 1.29. The van der Waals surface area contributed by atoms with Crippen molar-refractivity contribution in [1.29, 1.82) is 0 Å². The first kappa shape index (κ1) is 18.2. The van der Waals surface area contributed by atoms with Crippen molar-refractivity contribution in [3.63, 3.8) is 0 Å². The van der Waals surface area contributed by atoms with Gasteiger partial charge in [0.2, 0.25) is 0 Å². The Morgan fingerprint density at radius 3 is 2.71 bits per heavy atom. The summed E-state index contributed by atoms with van der Waals surface area (Å²) in [4.78, 5) is 23.9. The summed E-state index contributed by atoms with van der Waals surface area (Å²) < 4.78 is 1.79. The first-order chi connectivity index (χ1) is 13.6. The van der Waals surface area contributed by atoms with E-state index in [1.165, 1.54) is 5.56 Å². The predicted molar refractivity (Wildman–Crippen MR) is 107 cm³/mol. The highest BCUT2D eigenvalue weighted by Crippen LogP contribution is 2.25. The van der Waals surface area contributed by atoms with E-state index in [4.69, 9.17) is 4.98 Å². The summed E-state index contributed by atoms with van der Waals surface area (Å²) in [5.74, 6) is 1.43. The number of amides is 1. The molecule has 1 amide bonds. The average molecular weight is 376 g/mol. The molecule has 0 spiro atoms. The van der Waals surface area contributed by atoms with Gasteiger partial charge in [-0.25, -0.2) is 9.97 Å². The number of nitrogens with one attached hydrogen (secondary N) is 1. The lowest BCUT2D eigenvalue weighted by molar-refractivity contribution is 0.0940. The van der Waals surface area contributed by atoms with Crippen LogP contribution in [-0.4, -0.2) is 39.2 Å². The number of hydrogen-bond acceptors (Lipinski definition) is 5. The highest BCUT2D eigenvalue weighted by molar-refractivity contribution is 5.96. The first-order valence-corrected chi connectivity index (χ1v) is 9.51. The minimum atomic E-state index is -0.111. The molecule has 7 nitrogen and oxygen atoms in total. The largest absolute Gasteiger partial charge is 0.355 e. The quantitative estimate of drug-likeness (QED) is 0.711. The average Bonchev–Trinajstić information content (AvgIpc) is 3.11. The van der Waals surface area contributed by atoms with E-state index >= 15 is 0 Å². The van der Waals surface area contributed by atoms with Gasteiger partial charge in [-0.05, 0) is 18.4 Å². The molecule has 4 rings (SSSR count). The number of anilines is 1. The third kappa shape index (κ3) is 3.88. The van der Waals surface area contributed by atoms with Crippen molar-refractivity contribution in [2.24, 2.45) is 7.05 Å². The SMILES string of the molecule is CN(Cc1cnn(C)c1)c1nc(CCc2ccccc2)nc2c1CCNC2=O. The molecule has 28 heavy (non-hydrogen) atoms. The molecule has 0 aliphatic carbocycles. The second kappa shape index (κ2) is 7.80. The molecular formula is C21H24N6O. The van der Waals surface area contributed by atoms with E-state index in [1.54, 1.807) is 4.68 Å². The van der Waals surface area contributed by atoms with Crippen LogP contribution in [0.2, 0.25) is 0 Å². The molecule has 0 bridgehead atoms. The summed E-state index contributed by atoms with van der Waals surface area (Å²) in [6, 6.07) is 10.3. The molecule has 0 fully saturated rings. The van der Waals surface area contributed by atoms with Crippen LogP contribution in [0.15, 0.2) is 42.7 Å². The van der Waals surface area contributed by atoms with Crippen LogP contribution in [0.3, 0.4) is 0 Å². The van der Waals surface area contributed by atoms with Gasteiger partial charge < -0.3 is 10.2 Å². The van der Waals surface area contributed by atoms with Crippen LogP contribution in [0.4, 0.5) is 5.82 Å². The normalized spacial score (nSPS) is 13.1. The number of aryl methyl sites for hydroxylation is 3. The van der Waals surface area contributed by atoms with E-state index in [1.807, 2.05) is 44.7 Å². The Labute approximate surface area is 164 Å². The Morgan fingerprint density at radius 1 is 1.14 bits per heavy atom. The third-order valence-electron chi connectivity index (χ3n) is 4.93. The van der Waals surface area contributed by atoms with Crippen LogP contribution in [0, 0.1) is 0 Å². The van der Waals surface area contributed by atoms with E-state index in [-0.39, 0.29) is 5.91 Å². The predicted octanol–water partition coefficient (Wildman–Crippen LogP) is 1.92. The second-order valence-corrected chi connectivity index (χ2v) is 7.16. The molecule has 0 saturated carbocycles. The third-order valence-corrected chi connectivity index (χ3v) is 4.93. The van der Waals surface area contributed by atoms with Crippen molar-refractivity contribution >= 4 is 11.7 Å². The highest BCUT2D eigenvalue weighted by Gasteiger charge is 2.25. The number of carbonyl (C=O) groups is 1. The Morgan fingerprint density at radius 2 is 1.96 bits per heavy atom. The molecule has 0 saturated heterocycles. The molecule has 1 N–H and O–H groups in total. The van der Waals surface area contributed by atoms with Gasteiger partial charge in [0.1, 0.15) is 17.3 Å². The zero-order chi connectivity index (χ0) is 19.5. The summed E-state index contributed by atoms with van der Waals surface area (Å²) in [6.07, 6.45) is 6.12. The van der Waals surface area contributed by atoms with E-state index < -0.39 is 0 Å². The van der Waals surface area contributed by atoms with Gasteiger partial charge in [-0.15, -0.1) is 0 Å². The molecule has 144 valence electrons. The van der Waals surface area contributed by atoms with Crippen LogP contribution in [0.25, 0.3) is 0 Å². The maximum Gasteiger partial charge on any atom is 0.270 e. The van der Waals surface area contributed by atoms with Crippen LogP contribution in [0.1, 0.15) is 33.0 Å². The van der Waals surface area contributed by atoms with Crippen LogP contribution >= 0.6 is 0 Å². The number of rotatable bonds is 6. The van der Waals surface area contributed by atoms with Gasteiger partial charge in [0.15, 0.2) is 0 Å². The van der Waals surface area contributed by atoms with Gasteiger partial charge in [0.05, 0.1) is 6.20 Å². The van der Waals surface area contributed by atoms with Crippen molar-refractivity contribution in [2.75, 3.05) is 18.5 Å². The number of hydrogen-bond donors (Lipinski definition) is 1. The molecule has 1 aromatic carbocycles. The summed E-state index contributed by atoms with van der Waals surface area (Å²) >= 11 is 0. The fourth-order valence-electron chi connectivity index (χ4n) is 3.55. The van der Waals surface area contributed by atoms with Crippen molar-refractivity contribution in [2.45, 2.75) is 25.8 Å². The van der Waals surface area contributed by atoms with Gasteiger partial charge >= 0.3 is 0 Å². The lowest BCUT2D eigenvalue weighted by Gasteiger charge is -2.25. The minimum Gasteiger partial charge on any atom is -0.355 e. The van der Waals surface area contributed by atoms with E-state index in [0.717, 1.165) is 29.8 Å². The standard InChI is InChI=1S/C21H24N6O/c1-26(13-16-12-23-27(2)14-16)20-17-10-11-22-21(28)19(17)24-18(25-20)9-8-15-6-4-3-5-7-15/h3-7,12,14H,8-11,13H2,1-2H3,(H,22,28). The van der Waals surface area contributed by atoms with Crippen molar-refractivity contribution in [3.8, 4) is 0 Å². The molecule has 1 aliphatic rings. The number of aromatic nitrogens is 4. The molecule has 0 atom stereocenters. The number of fused-ring (bicyclic) bond motifs is 1. The van der Waals surface area contributed by atoms with Gasteiger partial charge in [0.25, 0.3) is 5.91 Å². The molecule has 3 aromatic rings. The monoisotopic (exact) mass is 376 g/mol. The fourth-order valence-corrected chi connectivity index (χ4v) is 3.55. The van der Waals surface area contributed by atoms with Crippen LogP contribution < -0.4 is 10.2 Å². The number of nitrogens with zero attached hydrogens (tertiary/aromatic N) is 5. The topological polar surface area (TPSA) is 75.9 Å². The Kier molecular flexibility index (Phi) is 5.06. The van der Waals surface area contributed by atoms with Crippen LogP contribution in [0.5, 0.6) is 0 Å². The minimum absolute atomic E-state index is 0.111. The maximum absolute atomic E-state index is 12.4. The van der Waals surface area contributed by atoms with Gasteiger partial charge in [0, 0.05) is 50.9 Å². The summed E-state index contributed by atoms with van der Waals surface area (Å²) in [5.41, 5.74) is 3.78. The molecule has 3 heterocycles. The number of carbonyl (C=O) groups excluding carboxylic acids is 1. The molecule has 2 aromatic heterocycles. The Hall–Kier alpha value is -3.22. The first-order valence-electron chi connectivity index (χ1n) is 9.51. The van der Waals surface area contributed by atoms with Crippen molar-refractivity contribution in [1.82, 2.24) is 25.1 Å². The molecule has 0 radical (unpaired) electrons. The fraction of sp³-hybridized carbons (Fsp3) is 0.333. The summed E-state index contributed by atoms with van der Waals surface area (Å²) in [5, 5.41) is 7.13. The highest BCUT2D eigenvalue weighted by atomic mass is 16.1. The molecule has 1 aliphatic heterocycles. The van der Waals surface area contributed by atoms with Crippen molar-refractivity contribution < 1.29 is 4.79 Å². The van der Waals surface area contributed by atoms with Gasteiger partial charge in [-0.3, -0.25) is 9.48 Å². The van der Waals surface area contributed by atoms with Crippen LogP contribution in [-0.2, 0) is 32.9 Å².